The minimum Gasteiger partial charge on any atom is -0.480 e. The quantitative estimate of drug-likeness (QED) is 0.328. The summed E-state index contributed by atoms with van der Waals surface area (Å²) < 4.78 is 0. The van der Waals surface area contributed by atoms with Crippen LogP contribution < -0.4 is 16.0 Å². The van der Waals surface area contributed by atoms with Crippen LogP contribution in [0.3, 0.4) is 0 Å². The van der Waals surface area contributed by atoms with E-state index in [-0.39, 0.29) is 30.0 Å². The Kier molecular flexibility index (Phi) is 8.52. The van der Waals surface area contributed by atoms with E-state index in [0.717, 1.165) is 18.5 Å². The lowest BCUT2D eigenvalue weighted by Crippen LogP contribution is -2.57. The van der Waals surface area contributed by atoms with Gasteiger partial charge in [0.25, 0.3) is 0 Å². The zero-order valence-corrected chi connectivity index (χ0v) is 18.7. The van der Waals surface area contributed by atoms with E-state index in [1.54, 1.807) is 24.3 Å². The van der Waals surface area contributed by atoms with Crippen molar-refractivity contribution in [1.29, 1.82) is 0 Å². The number of benzene rings is 1. The number of rotatable bonds is 9. The molecule has 1 aromatic carbocycles. The molecule has 0 aliphatic carbocycles. The first kappa shape index (κ1) is 24.1. The van der Waals surface area contributed by atoms with Crippen LogP contribution in [0.2, 0.25) is 0 Å². The Morgan fingerprint density at radius 2 is 1.78 bits per heavy atom. The van der Waals surface area contributed by atoms with Crippen LogP contribution in [0.25, 0.3) is 0 Å². The Hall–Kier alpha value is -2.59. The van der Waals surface area contributed by atoms with Crippen LogP contribution in [-0.4, -0.2) is 76.7 Å². The molecule has 3 rings (SSSR count). The van der Waals surface area contributed by atoms with E-state index in [2.05, 4.69) is 28.6 Å². The second-order valence-electron chi connectivity index (χ2n) is 8.17. The van der Waals surface area contributed by atoms with Crippen molar-refractivity contribution in [3.05, 3.63) is 35.9 Å². The molecule has 9 nitrogen and oxygen atoms in total. The third kappa shape index (κ3) is 6.01. The molecule has 2 saturated heterocycles. The summed E-state index contributed by atoms with van der Waals surface area (Å²) in [5.41, 5.74) is 0.790. The Labute approximate surface area is 192 Å². The molecule has 2 heterocycles. The van der Waals surface area contributed by atoms with Crippen molar-refractivity contribution in [2.75, 3.05) is 18.8 Å². The Balaban J connectivity index is 1.63. The molecular formula is C22H30N4O5S. The third-order valence-electron chi connectivity index (χ3n) is 5.91. The monoisotopic (exact) mass is 462 g/mol. The van der Waals surface area contributed by atoms with Crippen molar-refractivity contribution in [3.8, 4) is 0 Å². The van der Waals surface area contributed by atoms with Crippen LogP contribution >= 0.6 is 12.6 Å². The van der Waals surface area contributed by atoms with Gasteiger partial charge in [-0.2, -0.15) is 12.6 Å². The molecule has 2 aliphatic rings. The van der Waals surface area contributed by atoms with Gasteiger partial charge in [-0.3, -0.25) is 14.4 Å². The molecule has 0 spiro atoms. The van der Waals surface area contributed by atoms with Crippen LogP contribution in [0.5, 0.6) is 0 Å². The smallest absolute Gasteiger partial charge is 0.326 e. The highest BCUT2D eigenvalue weighted by molar-refractivity contribution is 7.80. The number of thiol groups is 1. The van der Waals surface area contributed by atoms with E-state index in [1.807, 2.05) is 6.07 Å². The summed E-state index contributed by atoms with van der Waals surface area (Å²) in [5, 5.41) is 18.0. The number of aliphatic carboxylic acids is 1. The number of hydrogen-bond donors (Lipinski definition) is 5. The van der Waals surface area contributed by atoms with Gasteiger partial charge >= 0.3 is 5.97 Å². The van der Waals surface area contributed by atoms with Gasteiger partial charge in [0.1, 0.15) is 18.1 Å². The van der Waals surface area contributed by atoms with E-state index < -0.39 is 30.0 Å². The third-order valence-corrected chi connectivity index (χ3v) is 6.27. The number of carbonyl (C=O) groups excluding carboxylic acids is 3. The minimum atomic E-state index is -1.14. The highest BCUT2D eigenvalue weighted by atomic mass is 32.1. The average molecular weight is 463 g/mol. The second-order valence-corrected chi connectivity index (χ2v) is 8.54. The molecule has 4 N–H and O–H groups in total. The lowest BCUT2D eigenvalue weighted by atomic mass is 10.1. The van der Waals surface area contributed by atoms with Crippen molar-refractivity contribution in [2.45, 2.75) is 56.3 Å². The Morgan fingerprint density at radius 1 is 1.06 bits per heavy atom. The maximum absolute atomic E-state index is 13.1. The van der Waals surface area contributed by atoms with Crippen LogP contribution in [0, 0.1) is 0 Å². The van der Waals surface area contributed by atoms with Crippen molar-refractivity contribution in [3.63, 3.8) is 0 Å². The zero-order valence-electron chi connectivity index (χ0n) is 17.8. The summed E-state index contributed by atoms with van der Waals surface area (Å²) >= 11 is 4.22. The fourth-order valence-corrected chi connectivity index (χ4v) is 4.43. The molecule has 4 atom stereocenters. The van der Waals surface area contributed by atoms with Crippen molar-refractivity contribution in [2.24, 2.45) is 0 Å². The molecule has 1 aromatic rings. The normalized spacial score (nSPS) is 22.2. The van der Waals surface area contributed by atoms with E-state index in [0.29, 0.717) is 25.8 Å². The summed E-state index contributed by atoms with van der Waals surface area (Å²) in [6.45, 7) is 1.13. The van der Waals surface area contributed by atoms with Gasteiger partial charge in [0.2, 0.25) is 17.7 Å². The van der Waals surface area contributed by atoms with Gasteiger partial charge in [0, 0.05) is 18.7 Å². The zero-order chi connectivity index (χ0) is 23.1. The van der Waals surface area contributed by atoms with Crippen molar-refractivity contribution in [1.82, 2.24) is 20.9 Å². The van der Waals surface area contributed by atoms with Gasteiger partial charge in [0.05, 0.1) is 6.04 Å². The first-order chi connectivity index (χ1) is 15.4. The number of hydrogen-bond acceptors (Lipinski definition) is 6. The van der Waals surface area contributed by atoms with Gasteiger partial charge in [-0.1, -0.05) is 30.3 Å². The Bertz CT molecular complexity index is 831. The van der Waals surface area contributed by atoms with E-state index in [1.165, 1.54) is 4.90 Å². The lowest BCUT2D eigenvalue weighted by Gasteiger charge is -2.29. The number of likely N-dealkylation sites (tertiary alicyclic amines) is 1. The summed E-state index contributed by atoms with van der Waals surface area (Å²) in [7, 11) is 0. The van der Waals surface area contributed by atoms with Gasteiger partial charge in [-0.15, -0.1) is 0 Å². The number of amides is 3. The number of nitrogens with one attached hydrogen (secondary N) is 3. The molecule has 0 aromatic heterocycles. The second kappa shape index (κ2) is 11.3. The fourth-order valence-electron chi connectivity index (χ4n) is 4.19. The molecule has 0 radical (unpaired) electrons. The first-order valence-corrected chi connectivity index (χ1v) is 11.6. The molecule has 3 amide bonds. The van der Waals surface area contributed by atoms with Crippen LogP contribution in [0.4, 0.5) is 0 Å². The van der Waals surface area contributed by atoms with Crippen LogP contribution in [0.15, 0.2) is 30.3 Å². The van der Waals surface area contributed by atoms with E-state index >= 15 is 0 Å². The average Bonchev–Trinajstić information content (AvgIpc) is 3.49. The molecule has 2 fully saturated rings. The maximum Gasteiger partial charge on any atom is 0.326 e. The predicted octanol–water partition coefficient (Wildman–Crippen LogP) is -0.0439. The van der Waals surface area contributed by atoms with Crippen LogP contribution in [0.1, 0.15) is 31.2 Å². The molecular weight excluding hydrogens is 432 g/mol. The lowest BCUT2D eigenvalue weighted by molar-refractivity contribution is -0.144. The highest BCUT2D eigenvalue weighted by Crippen LogP contribution is 2.20. The molecule has 32 heavy (non-hydrogen) atoms. The SMILES string of the molecule is O=C(O)C(Cc1ccccc1)NC(=O)C1CCCN1C(=O)C(CS)NC(=O)C1CCCN1. The van der Waals surface area contributed by atoms with E-state index in [9.17, 15) is 24.3 Å². The van der Waals surface area contributed by atoms with Gasteiger partial charge < -0.3 is 26.0 Å². The summed E-state index contributed by atoms with van der Waals surface area (Å²) in [6, 6.07) is 6.00. The largest absolute Gasteiger partial charge is 0.480 e. The van der Waals surface area contributed by atoms with Crippen molar-refractivity contribution < 1.29 is 24.3 Å². The van der Waals surface area contributed by atoms with Crippen molar-refractivity contribution >= 4 is 36.3 Å². The molecule has 0 bridgehead atoms. The standard InChI is InChI=1S/C22H30N4O5S/c27-19(15-8-4-10-23-15)25-17(13-32)21(29)26-11-5-9-18(26)20(28)24-16(22(30)31)12-14-6-2-1-3-7-14/h1-3,6-7,15-18,23,32H,4-5,8-13H2,(H,24,28)(H,25,27)(H,30,31). The van der Waals surface area contributed by atoms with Gasteiger partial charge in [-0.05, 0) is 37.8 Å². The van der Waals surface area contributed by atoms with Gasteiger partial charge in [0.15, 0.2) is 0 Å². The molecule has 0 saturated carbocycles. The van der Waals surface area contributed by atoms with Gasteiger partial charge in [-0.25, -0.2) is 4.79 Å². The fraction of sp³-hybridized carbons (Fsp3) is 0.545. The minimum absolute atomic E-state index is 0.105. The number of carbonyl (C=O) groups is 4. The Morgan fingerprint density at radius 3 is 2.41 bits per heavy atom. The summed E-state index contributed by atoms with van der Waals surface area (Å²) in [6.07, 6.45) is 2.82. The first-order valence-electron chi connectivity index (χ1n) is 10.9. The number of carboxylic acid groups (broad SMARTS) is 1. The predicted molar refractivity (Wildman–Crippen MR) is 121 cm³/mol. The molecule has 10 heteroatoms. The maximum atomic E-state index is 13.1. The number of nitrogens with zero attached hydrogens (tertiary/aromatic N) is 1. The number of carboxylic acids is 1. The molecule has 2 aliphatic heterocycles. The summed E-state index contributed by atoms with van der Waals surface area (Å²) in [4.78, 5) is 51.6. The molecule has 174 valence electrons. The van der Waals surface area contributed by atoms with E-state index in [4.69, 9.17) is 0 Å². The topological polar surface area (TPSA) is 128 Å². The molecule has 4 unspecified atom stereocenters. The highest BCUT2D eigenvalue weighted by Gasteiger charge is 2.39. The van der Waals surface area contributed by atoms with Crippen LogP contribution in [-0.2, 0) is 25.6 Å². The summed E-state index contributed by atoms with van der Waals surface area (Å²) in [5.74, 6) is -2.15.